The largest absolute Gasteiger partial charge is 0.360 e. The highest BCUT2D eigenvalue weighted by Crippen LogP contribution is 2.52. The molecule has 1 nitrogen and oxygen atoms in total. The summed E-state index contributed by atoms with van der Waals surface area (Å²) in [6.07, 6.45) is 3.56. The maximum atomic E-state index is 6.14. The summed E-state index contributed by atoms with van der Waals surface area (Å²) in [5, 5.41) is 0. The molecule has 1 unspecified atom stereocenters. The van der Waals surface area contributed by atoms with Gasteiger partial charge in [-0.25, -0.2) is 0 Å². The Kier molecular flexibility index (Phi) is 3.04. The van der Waals surface area contributed by atoms with Gasteiger partial charge in [0.05, 0.1) is 6.61 Å². The number of hydrogen-bond acceptors (Lipinski definition) is 1. The minimum absolute atomic E-state index is 0.105. The zero-order valence-corrected chi connectivity index (χ0v) is 13.1. The first-order valence-corrected chi connectivity index (χ1v) is 7.67. The lowest BCUT2D eigenvalue weighted by atomic mass is 9.79. The Morgan fingerprint density at radius 1 is 1.19 bits per heavy atom. The molecule has 1 spiro atoms. The second kappa shape index (κ2) is 4.24. The van der Waals surface area contributed by atoms with Crippen LogP contribution in [0.25, 0.3) is 0 Å². The Labute approximate surface area is 123 Å². The highest BCUT2D eigenvalue weighted by molar-refractivity contribution is 14.1. The maximum Gasteiger partial charge on any atom is 0.125 e. The first-order chi connectivity index (χ1) is 7.74. The van der Waals surface area contributed by atoms with E-state index in [1.165, 1.54) is 31.1 Å². The third-order valence-corrected chi connectivity index (χ3v) is 6.87. The Bertz CT molecular complexity index is 467. The molecule has 0 N–H and O–H groups in total. The zero-order chi connectivity index (χ0) is 11.2. The van der Waals surface area contributed by atoms with Crippen molar-refractivity contribution in [1.82, 2.24) is 0 Å². The molecule has 0 amide bonds. The monoisotopic (exact) mass is 438 g/mol. The zero-order valence-electron chi connectivity index (χ0n) is 8.80. The highest BCUT2D eigenvalue weighted by atomic mass is 127. The van der Waals surface area contributed by atoms with Crippen LogP contribution in [0.4, 0.5) is 0 Å². The van der Waals surface area contributed by atoms with Crippen molar-refractivity contribution < 1.29 is 4.74 Å². The third-order valence-electron chi connectivity index (χ3n) is 3.47. The molecular formula is C13H12I2O. The second-order valence-corrected chi connectivity index (χ2v) is 6.73. The molecule has 1 aromatic rings. The standard InChI is InChI=1S/C13H12I2O/c14-11-8-16-13(12(11)15)7-3-5-9-4-1-2-6-10(9)13/h1-2,4,6H,3,5,7-8H2. The second-order valence-electron chi connectivity index (χ2n) is 4.35. The number of aryl methyl sites for hydroxylation is 1. The summed E-state index contributed by atoms with van der Waals surface area (Å²) in [6, 6.07) is 8.75. The van der Waals surface area contributed by atoms with Crippen molar-refractivity contribution in [3.8, 4) is 0 Å². The summed E-state index contributed by atoms with van der Waals surface area (Å²) in [7, 11) is 0. The predicted molar refractivity (Wildman–Crippen MR) is 82.1 cm³/mol. The van der Waals surface area contributed by atoms with Gasteiger partial charge in [-0.3, -0.25) is 0 Å². The number of fused-ring (bicyclic) bond motifs is 2. The van der Waals surface area contributed by atoms with Crippen molar-refractivity contribution in [3.63, 3.8) is 0 Å². The van der Waals surface area contributed by atoms with E-state index in [-0.39, 0.29) is 5.60 Å². The van der Waals surface area contributed by atoms with Crippen molar-refractivity contribution in [2.45, 2.75) is 24.9 Å². The number of halogens is 2. The lowest BCUT2D eigenvalue weighted by Crippen LogP contribution is -2.31. The van der Waals surface area contributed by atoms with Gasteiger partial charge in [0, 0.05) is 7.16 Å². The van der Waals surface area contributed by atoms with E-state index >= 15 is 0 Å². The van der Waals surface area contributed by atoms with Crippen molar-refractivity contribution in [2.24, 2.45) is 0 Å². The Morgan fingerprint density at radius 2 is 2.00 bits per heavy atom. The molecule has 16 heavy (non-hydrogen) atoms. The highest BCUT2D eigenvalue weighted by Gasteiger charge is 2.44. The molecular weight excluding hydrogens is 426 g/mol. The van der Waals surface area contributed by atoms with Crippen LogP contribution in [0.3, 0.4) is 0 Å². The van der Waals surface area contributed by atoms with Crippen LogP contribution in [0.15, 0.2) is 31.4 Å². The first-order valence-electron chi connectivity index (χ1n) is 5.51. The summed E-state index contributed by atoms with van der Waals surface area (Å²) >= 11 is 4.89. The number of ether oxygens (including phenoxy) is 1. The van der Waals surface area contributed by atoms with Gasteiger partial charge in [-0.05, 0) is 75.6 Å². The maximum absolute atomic E-state index is 6.14. The lowest BCUT2D eigenvalue weighted by molar-refractivity contribution is 0.00743. The van der Waals surface area contributed by atoms with Crippen molar-refractivity contribution >= 4 is 45.2 Å². The molecule has 0 aromatic heterocycles. The summed E-state index contributed by atoms with van der Waals surface area (Å²) < 4.78 is 8.91. The minimum Gasteiger partial charge on any atom is -0.360 e. The van der Waals surface area contributed by atoms with E-state index in [2.05, 4.69) is 69.4 Å². The molecule has 1 atom stereocenters. The number of rotatable bonds is 0. The molecule has 0 bridgehead atoms. The summed E-state index contributed by atoms with van der Waals surface area (Å²) in [5.74, 6) is 0. The van der Waals surface area contributed by atoms with Crippen LogP contribution in [-0.2, 0) is 16.8 Å². The molecule has 0 saturated heterocycles. The molecule has 1 aliphatic heterocycles. The van der Waals surface area contributed by atoms with Crippen LogP contribution < -0.4 is 0 Å². The van der Waals surface area contributed by atoms with E-state index in [9.17, 15) is 0 Å². The van der Waals surface area contributed by atoms with Gasteiger partial charge in [0.15, 0.2) is 0 Å². The Balaban J connectivity index is 2.19. The van der Waals surface area contributed by atoms with Crippen LogP contribution in [0, 0.1) is 0 Å². The topological polar surface area (TPSA) is 9.23 Å². The van der Waals surface area contributed by atoms with Crippen LogP contribution in [-0.4, -0.2) is 6.61 Å². The van der Waals surface area contributed by atoms with E-state index in [0.29, 0.717) is 0 Å². The molecule has 84 valence electrons. The fraction of sp³-hybridized carbons (Fsp3) is 0.385. The quantitative estimate of drug-likeness (QED) is 0.549. The van der Waals surface area contributed by atoms with Gasteiger partial charge in [0.2, 0.25) is 0 Å². The third kappa shape index (κ3) is 1.58. The van der Waals surface area contributed by atoms with Crippen LogP contribution in [0.1, 0.15) is 24.0 Å². The smallest absolute Gasteiger partial charge is 0.125 e. The summed E-state index contributed by atoms with van der Waals surface area (Å²) in [4.78, 5) is 0. The van der Waals surface area contributed by atoms with E-state index in [1.54, 1.807) is 0 Å². The van der Waals surface area contributed by atoms with Crippen molar-refractivity contribution in [1.29, 1.82) is 0 Å². The summed E-state index contributed by atoms with van der Waals surface area (Å²) in [6.45, 7) is 0.785. The Hall–Kier alpha value is 0.380. The van der Waals surface area contributed by atoms with E-state index in [1.807, 2.05) is 0 Å². The molecule has 0 fully saturated rings. The number of benzene rings is 1. The first kappa shape index (κ1) is 11.5. The molecule has 0 radical (unpaired) electrons. The fourth-order valence-corrected chi connectivity index (χ4v) is 4.17. The average Bonchev–Trinajstić information content (AvgIpc) is 2.60. The van der Waals surface area contributed by atoms with Gasteiger partial charge in [-0.1, -0.05) is 24.3 Å². The minimum atomic E-state index is -0.105. The van der Waals surface area contributed by atoms with Gasteiger partial charge < -0.3 is 4.74 Å². The number of hydrogen-bond donors (Lipinski definition) is 0. The molecule has 0 saturated carbocycles. The van der Waals surface area contributed by atoms with E-state index in [0.717, 1.165) is 13.0 Å². The van der Waals surface area contributed by atoms with Gasteiger partial charge in [0.1, 0.15) is 5.60 Å². The van der Waals surface area contributed by atoms with Crippen LogP contribution in [0.5, 0.6) is 0 Å². The van der Waals surface area contributed by atoms with E-state index < -0.39 is 0 Å². The fourth-order valence-electron chi connectivity index (χ4n) is 2.71. The molecule has 1 aliphatic carbocycles. The Morgan fingerprint density at radius 3 is 2.75 bits per heavy atom. The van der Waals surface area contributed by atoms with Crippen LogP contribution >= 0.6 is 45.2 Å². The molecule has 3 rings (SSSR count). The van der Waals surface area contributed by atoms with Gasteiger partial charge >= 0.3 is 0 Å². The predicted octanol–water partition coefficient (Wildman–Crippen LogP) is 4.33. The summed E-state index contributed by atoms with van der Waals surface area (Å²) in [5.41, 5.74) is 2.76. The van der Waals surface area contributed by atoms with Gasteiger partial charge in [-0.15, -0.1) is 0 Å². The SMILES string of the molecule is IC1=C(I)C2(CCCc3ccccc32)OC1. The van der Waals surface area contributed by atoms with E-state index in [4.69, 9.17) is 4.74 Å². The normalized spacial score (nSPS) is 28.6. The average molecular weight is 438 g/mol. The lowest BCUT2D eigenvalue weighted by Gasteiger charge is -2.35. The molecule has 2 aliphatic rings. The molecule has 1 aromatic carbocycles. The van der Waals surface area contributed by atoms with Crippen molar-refractivity contribution in [2.75, 3.05) is 6.61 Å². The van der Waals surface area contributed by atoms with Crippen LogP contribution in [0.2, 0.25) is 0 Å². The van der Waals surface area contributed by atoms with Gasteiger partial charge in [0.25, 0.3) is 0 Å². The van der Waals surface area contributed by atoms with Gasteiger partial charge in [-0.2, -0.15) is 0 Å². The van der Waals surface area contributed by atoms with Crippen molar-refractivity contribution in [3.05, 3.63) is 42.6 Å². The molecule has 1 heterocycles. The molecule has 3 heteroatoms.